The Morgan fingerprint density at radius 1 is 0.784 bits per heavy atom. The fourth-order valence-corrected chi connectivity index (χ4v) is 3.13. The van der Waals surface area contributed by atoms with E-state index in [9.17, 15) is 26.3 Å². The summed E-state index contributed by atoms with van der Waals surface area (Å²) in [6, 6.07) is 14.7. The SMILES string of the molecule is FC(F)(F)COc1nc(NCc2ccc(-c3cccnc3)cc2)nc(Nc2cccc(C(F)(F)F)c2)n1. The van der Waals surface area contributed by atoms with Crippen molar-refractivity contribution >= 4 is 17.6 Å². The molecule has 0 saturated heterocycles. The van der Waals surface area contributed by atoms with E-state index in [0.717, 1.165) is 28.8 Å². The van der Waals surface area contributed by atoms with Crippen molar-refractivity contribution in [1.29, 1.82) is 0 Å². The van der Waals surface area contributed by atoms with E-state index in [1.165, 1.54) is 12.1 Å². The molecule has 37 heavy (non-hydrogen) atoms. The summed E-state index contributed by atoms with van der Waals surface area (Å²) >= 11 is 0. The van der Waals surface area contributed by atoms with Crippen molar-refractivity contribution < 1.29 is 31.1 Å². The molecule has 7 nitrogen and oxygen atoms in total. The summed E-state index contributed by atoms with van der Waals surface area (Å²) in [6.07, 6.45) is -5.85. The Balaban J connectivity index is 1.52. The lowest BCUT2D eigenvalue weighted by molar-refractivity contribution is -0.154. The fraction of sp³-hybridized carbons (Fsp3) is 0.167. The molecule has 2 heterocycles. The topological polar surface area (TPSA) is 84.8 Å². The second kappa shape index (κ2) is 10.7. The Kier molecular flexibility index (Phi) is 7.41. The fourth-order valence-electron chi connectivity index (χ4n) is 3.13. The maximum absolute atomic E-state index is 13.0. The molecule has 0 aliphatic heterocycles. The molecule has 4 rings (SSSR count). The van der Waals surface area contributed by atoms with E-state index in [1.807, 2.05) is 36.4 Å². The third kappa shape index (κ3) is 7.53. The molecule has 2 N–H and O–H groups in total. The molecule has 0 bridgehead atoms. The molecule has 0 amide bonds. The summed E-state index contributed by atoms with van der Waals surface area (Å²) in [5, 5.41) is 5.41. The van der Waals surface area contributed by atoms with Gasteiger partial charge >= 0.3 is 18.4 Å². The minimum absolute atomic E-state index is 0.0280. The number of ether oxygens (including phenoxy) is 1. The van der Waals surface area contributed by atoms with Gasteiger partial charge in [0.1, 0.15) is 0 Å². The second-order valence-corrected chi connectivity index (χ2v) is 7.66. The van der Waals surface area contributed by atoms with Crippen LogP contribution in [0.15, 0.2) is 73.1 Å². The summed E-state index contributed by atoms with van der Waals surface area (Å²) in [7, 11) is 0. The Hall–Kier alpha value is -4.42. The number of anilines is 3. The van der Waals surface area contributed by atoms with Crippen molar-refractivity contribution in [3.8, 4) is 17.1 Å². The number of rotatable bonds is 8. The van der Waals surface area contributed by atoms with E-state index >= 15 is 0 Å². The molecule has 2 aromatic heterocycles. The predicted molar refractivity (Wildman–Crippen MR) is 123 cm³/mol. The first-order valence-corrected chi connectivity index (χ1v) is 10.7. The minimum Gasteiger partial charge on any atom is -0.454 e. The molecule has 0 aliphatic carbocycles. The summed E-state index contributed by atoms with van der Waals surface area (Å²) in [4.78, 5) is 15.7. The first-order valence-electron chi connectivity index (χ1n) is 10.7. The Labute approximate surface area is 206 Å². The van der Waals surface area contributed by atoms with Crippen molar-refractivity contribution in [1.82, 2.24) is 19.9 Å². The van der Waals surface area contributed by atoms with E-state index < -0.39 is 30.5 Å². The van der Waals surface area contributed by atoms with Gasteiger partial charge in [-0.1, -0.05) is 36.4 Å². The van der Waals surface area contributed by atoms with Gasteiger partial charge < -0.3 is 15.4 Å². The second-order valence-electron chi connectivity index (χ2n) is 7.66. The molecule has 13 heteroatoms. The van der Waals surface area contributed by atoms with E-state index in [4.69, 9.17) is 0 Å². The minimum atomic E-state index is -4.65. The van der Waals surface area contributed by atoms with Crippen LogP contribution in [-0.4, -0.2) is 32.7 Å². The Morgan fingerprint density at radius 2 is 1.54 bits per heavy atom. The molecule has 4 aromatic rings. The largest absolute Gasteiger partial charge is 0.454 e. The summed E-state index contributed by atoms with van der Waals surface area (Å²) in [6.45, 7) is -1.46. The van der Waals surface area contributed by atoms with E-state index in [0.29, 0.717) is 0 Å². The van der Waals surface area contributed by atoms with Gasteiger partial charge in [0.15, 0.2) is 6.61 Å². The van der Waals surface area contributed by atoms with Crippen LogP contribution in [0, 0.1) is 0 Å². The van der Waals surface area contributed by atoms with Crippen LogP contribution in [0.3, 0.4) is 0 Å². The van der Waals surface area contributed by atoms with Crippen LogP contribution in [0.2, 0.25) is 0 Å². The van der Waals surface area contributed by atoms with Gasteiger partial charge in [-0.2, -0.15) is 41.3 Å². The Morgan fingerprint density at radius 3 is 2.22 bits per heavy atom. The average molecular weight is 520 g/mol. The quantitative estimate of drug-likeness (QED) is 0.266. The maximum Gasteiger partial charge on any atom is 0.422 e. The molecule has 0 saturated carbocycles. The number of nitrogens with zero attached hydrogens (tertiary/aromatic N) is 4. The van der Waals surface area contributed by atoms with Crippen molar-refractivity contribution in [3.63, 3.8) is 0 Å². The van der Waals surface area contributed by atoms with Gasteiger partial charge in [-0.05, 0) is 41.0 Å². The first kappa shape index (κ1) is 25.7. The predicted octanol–water partition coefficient (Wildman–Crippen LogP) is 6.25. The molecule has 0 radical (unpaired) electrons. The number of nitrogens with one attached hydrogen (secondary N) is 2. The first-order chi connectivity index (χ1) is 17.5. The lowest BCUT2D eigenvalue weighted by Crippen LogP contribution is -2.21. The summed E-state index contributed by atoms with van der Waals surface area (Å²) < 4.78 is 81.6. The van der Waals surface area contributed by atoms with Crippen LogP contribution < -0.4 is 15.4 Å². The lowest BCUT2D eigenvalue weighted by Gasteiger charge is -2.13. The summed E-state index contributed by atoms with van der Waals surface area (Å²) in [5.41, 5.74) is 1.72. The zero-order chi connectivity index (χ0) is 26.5. The van der Waals surface area contributed by atoms with Gasteiger partial charge in [-0.25, -0.2) is 0 Å². The summed E-state index contributed by atoms with van der Waals surface area (Å²) in [5.74, 6) is -0.445. The lowest BCUT2D eigenvalue weighted by atomic mass is 10.1. The van der Waals surface area contributed by atoms with E-state index in [1.54, 1.807) is 12.4 Å². The van der Waals surface area contributed by atoms with Crippen LogP contribution >= 0.6 is 0 Å². The zero-order valence-electron chi connectivity index (χ0n) is 18.8. The number of benzene rings is 2. The van der Waals surface area contributed by atoms with Gasteiger partial charge in [0.2, 0.25) is 11.9 Å². The van der Waals surface area contributed by atoms with Crippen LogP contribution in [-0.2, 0) is 12.7 Å². The number of hydrogen-bond acceptors (Lipinski definition) is 7. The van der Waals surface area contributed by atoms with Crippen molar-refractivity contribution in [2.75, 3.05) is 17.2 Å². The van der Waals surface area contributed by atoms with Crippen molar-refractivity contribution in [2.45, 2.75) is 18.9 Å². The van der Waals surface area contributed by atoms with Gasteiger partial charge in [-0.15, -0.1) is 0 Å². The molecular formula is C24H18F6N6O. The highest BCUT2D eigenvalue weighted by Crippen LogP contribution is 2.31. The molecule has 0 fully saturated rings. The number of alkyl halides is 6. The highest BCUT2D eigenvalue weighted by molar-refractivity contribution is 5.62. The molecule has 0 spiro atoms. The van der Waals surface area contributed by atoms with Crippen molar-refractivity contribution in [2.24, 2.45) is 0 Å². The number of aromatic nitrogens is 4. The average Bonchev–Trinajstić information content (AvgIpc) is 2.86. The molecule has 0 unspecified atom stereocenters. The molecule has 0 atom stereocenters. The van der Waals surface area contributed by atoms with Crippen LogP contribution in [0.1, 0.15) is 11.1 Å². The third-order valence-electron chi connectivity index (χ3n) is 4.83. The van der Waals surface area contributed by atoms with Crippen LogP contribution in [0.25, 0.3) is 11.1 Å². The van der Waals surface area contributed by atoms with E-state index in [2.05, 4.69) is 35.3 Å². The van der Waals surface area contributed by atoms with Crippen LogP contribution in [0.5, 0.6) is 6.01 Å². The number of halogens is 6. The van der Waals surface area contributed by atoms with Crippen molar-refractivity contribution in [3.05, 3.63) is 84.2 Å². The van der Waals surface area contributed by atoms with E-state index in [-0.39, 0.29) is 24.1 Å². The van der Waals surface area contributed by atoms with Gasteiger partial charge in [-0.3, -0.25) is 4.98 Å². The van der Waals surface area contributed by atoms with Gasteiger partial charge in [0.25, 0.3) is 0 Å². The highest BCUT2D eigenvalue weighted by atomic mass is 19.4. The van der Waals surface area contributed by atoms with Crippen LogP contribution in [0.4, 0.5) is 43.9 Å². The van der Waals surface area contributed by atoms with Gasteiger partial charge in [0, 0.05) is 24.6 Å². The normalized spacial score (nSPS) is 11.7. The third-order valence-corrected chi connectivity index (χ3v) is 4.83. The molecular weight excluding hydrogens is 502 g/mol. The smallest absolute Gasteiger partial charge is 0.422 e. The maximum atomic E-state index is 13.0. The molecule has 0 aliphatic rings. The highest BCUT2D eigenvalue weighted by Gasteiger charge is 2.31. The number of hydrogen-bond donors (Lipinski definition) is 2. The van der Waals surface area contributed by atoms with Gasteiger partial charge in [0.05, 0.1) is 5.56 Å². The Bertz CT molecular complexity index is 1330. The monoisotopic (exact) mass is 520 g/mol. The zero-order valence-corrected chi connectivity index (χ0v) is 18.8. The number of pyridine rings is 1. The molecule has 192 valence electrons. The standard InChI is InChI=1S/C24H18F6N6O/c25-23(26,27)14-37-22-35-20(32-12-15-6-8-16(9-7-15)17-3-2-10-31-13-17)34-21(36-22)33-19-5-1-4-18(11-19)24(28,29)30/h1-11,13H,12,14H2,(H2,32,33,34,35,36). The molecule has 2 aromatic carbocycles.